The van der Waals surface area contributed by atoms with Crippen LogP contribution < -0.4 is 10.2 Å². The molecule has 0 radical (unpaired) electrons. The predicted molar refractivity (Wildman–Crippen MR) is 167 cm³/mol. The molecule has 17 heteroatoms. The van der Waals surface area contributed by atoms with E-state index in [-0.39, 0.29) is 24.7 Å². The maximum atomic E-state index is 13.5. The Balaban J connectivity index is 0.000000215. The summed E-state index contributed by atoms with van der Waals surface area (Å²) in [5.41, 5.74) is -0.951. The number of ketones is 1. The second kappa shape index (κ2) is 16.3. The van der Waals surface area contributed by atoms with E-state index in [1.807, 2.05) is 24.3 Å². The molecule has 4 N–H and O–H groups in total. The lowest BCUT2D eigenvalue weighted by molar-refractivity contribution is -0.267. The summed E-state index contributed by atoms with van der Waals surface area (Å²) < 4.78 is 79.2. The standard InChI is InChI=1S/C15H14F3N3O2.C11H13N3.C6H7F3O3/c1-2-21-10(22)8-14(23,15(16,17)18)11-12(19-20-13(11)21)9-6-4-3-5-7-9;1-2-12-11-8-10(13-14-11)9-6-4-3-5-7-9;1-2-12-5(11)3-4(10)6(7,8)9/h3-7,23H,2,8H2,1H3,(H,19,20);3-8H,2H2,1H3,(H2,12,13,14);2-3H2,1H3. The van der Waals surface area contributed by atoms with Crippen LogP contribution in [0.2, 0.25) is 0 Å². The fourth-order valence-corrected chi connectivity index (χ4v) is 4.62. The zero-order chi connectivity index (χ0) is 36.4. The molecule has 1 atom stereocenters. The molecule has 3 heterocycles. The second-order valence-corrected chi connectivity index (χ2v) is 10.3. The van der Waals surface area contributed by atoms with Gasteiger partial charge in [0.1, 0.15) is 12.2 Å². The number of fused-ring (bicyclic) bond motifs is 1. The monoisotopic (exact) mass is 696 g/mol. The first-order valence-electron chi connectivity index (χ1n) is 14.9. The highest BCUT2D eigenvalue weighted by atomic mass is 19.4. The largest absolute Gasteiger partial charge is 0.466 e. The number of H-pyrrole nitrogens is 2. The molecule has 2 aromatic heterocycles. The highest BCUT2D eigenvalue weighted by Crippen LogP contribution is 2.51. The number of aromatic nitrogens is 4. The molecule has 0 saturated carbocycles. The number of carbonyl (C=O) groups is 3. The van der Waals surface area contributed by atoms with Gasteiger partial charge < -0.3 is 15.2 Å². The molecule has 0 saturated heterocycles. The van der Waals surface area contributed by atoms with Crippen LogP contribution in [0, 0.1) is 0 Å². The van der Waals surface area contributed by atoms with Gasteiger partial charge in [-0.1, -0.05) is 60.7 Å². The van der Waals surface area contributed by atoms with Crippen molar-refractivity contribution in [1.82, 2.24) is 20.4 Å². The first-order valence-corrected chi connectivity index (χ1v) is 14.9. The SMILES string of the molecule is CCN1C(=O)CC(O)(C(F)(F)F)c2c1n[nH]c2-c1ccccc1.CCNc1cc(-c2ccccc2)[nH]n1.CCOC(=O)CC(=O)C(F)(F)F. The summed E-state index contributed by atoms with van der Waals surface area (Å²) >= 11 is 0. The highest BCUT2D eigenvalue weighted by molar-refractivity contribution is 5.99. The number of Topliss-reactive ketones (excluding diaryl/α,β-unsaturated/α-hetero) is 1. The molecular weight excluding hydrogens is 662 g/mol. The molecule has 0 aliphatic carbocycles. The molecule has 0 bridgehead atoms. The van der Waals surface area contributed by atoms with Crippen molar-refractivity contribution in [3.05, 3.63) is 72.3 Å². The Bertz CT molecular complexity index is 1690. The number of amides is 1. The summed E-state index contributed by atoms with van der Waals surface area (Å²) in [4.78, 5) is 33.6. The van der Waals surface area contributed by atoms with Crippen molar-refractivity contribution >= 4 is 29.3 Å². The molecule has 1 aliphatic rings. The maximum Gasteiger partial charge on any atom is 0.450 e. The minimum Gasteiger partial charge on any atom is -0.466 e. The third-order valence-electron chi connectivity index (χ3n) is 6.92. The Morgan fingerprint density at radius 3 is 2.04 bits per heavy atom. The van der Waals surface area contributed by atoms with Crippen LogP contribution in [0.5, 0.6) is 0 Å². The first kappa shape index (κ1) is 38.3. The molecule has 1 unspecified atom stereocenters. The highest BCUT2D eigenvalue weighted by Gasteiger charge is 2.62. The molecule has 0 fully saturated rings. The van der Waals surface area contributed by atoms with Gasteiger partial charge in [-0.15, -0.1) is 0 Å². The molecule has 0 spiro atoms. The number of rotatable bonds is 8. The van der Waals surface area contributed by atoms with Gasteiger partial charge in [0, 0.05) is 24.7 Å². The summed E-state index contributed by atoms with van der Waals surface area (Å²) in [5.74, 6) is -3.33. The zero-order valence-electron chi connectivity index (χ0n) is 26.6. The third-order valence-corrected chi connectivity index (χ3v) is 6.92. The van der Waals surface area contributed by atoms with Crippen molar-refractivity contribution in [2.24, 2.45) is 0 Å². The molecule has 5 rings (SSSR count). The van der Waals surface area contributed by atoms with Crippen LogP contribution in [-0.2, 0) is 24.7 Å². The molecule has 1 amide bonds. The van der Waals surface area contributed by atoms with Gasteiger partial charge in [-0.3, -0.25) is 29.5 Å². The number of ether oxygens (including phenoxy) is 1. The third kappa shape index (κ3) is 9.46. The van der Waals surface area contributed by atoms with Gasteiger partial charge in [0.2, 0.25) is 11.7 Å². The van der Waals surface area contributed by atoms with Gasteiger partial charge in [0.15, 0.2) is 11.4 Å². The van der Waals surface area contributed by atoms with Gasteiger partial charge >= 0.3 is 18.3 Å². The van der Waals surface area contributed by atoms with E-state index in [0.717, 1.165) is 28.5 Å². The van der Waals surface area contributed by atoms with Crippen LogP contribution in [0.15, 0.2) is 66.7 Å². The van der Waals surface area contributed by atoms with Crippen LogP contribution in [-0.4, -0.2) is 75.2 Å². The van der Waals surface area contributed by atoms with Crippen molar-refractivity contribution in [2.75, 3.05) is 29.9 Å². The lowest BCUT2D eigenvalue weighted by Gasteiger charge is -2.37. The van der Waals surface area contributed by atoms with Gasteiger partial charge in [-0.05, 0) is 26.3 Å². The number of esters is 1. The Labute approximate surface area is 276 Å². The smallest absolute Gasteiger partial charge is 0.450 e. The number of alkyl halides is 6. The Kier molecular flexibility index (Phi) is 12.7. The first-order chi connectivity index (χ1) is 23.1. The number of halogens is 6. The number of benzene rings is 2. The summed E-state index contributed by atoms with van der Waals surface area (Å²) in [6, 6.07) is 20.4. The quantitative estimate of drug-likeness (QED) is 0.0971. The van der Waals surface area contributed by atoms with E-state index in [1.54, 1.807) is 37.3 Å². The van der Waals surface area contributed by atoms with Crippen LogP contribution in [0.3, 0.4) is 0 Å². The number of anilines is 2. The predicted octanol–water partition coefficient (Wildman–Crippen LogP) is 6.16. The van der Waals surface area contributed by atoms with E-state index < -0.39 is 54.0 Å². The Hall–Kier alpha value is -5.19. The summed E-state index contributed by atoms with van der Waals surface area (Å²) in [7, 11) is 0. The van der Waals surface area contributed by atoms with E-state index in [9.17, 15) is 45.8 Å². The second-order valence-electron chi connectivity index (χ2n) is 10.3. The number of aromatic amines is 2. The number of hydrogen-bond donors (Lipinski definition) is 4. The number of nitrogens with one attached hydrogen (secondary N) is 3. The lowest BCUT2D eigenvalue weighted by atomic mass is 9.84. The summed E-state index contributed by atoms with van der Waals surface area (Å²) in [6.45, 7) is 6.14. The molecule has 11 nitrogen and oxygen atoms in total. The van der Waals surface area contributed by atoms with Crippen molar-refractivity contribution < 1.29 is 50.6 Å². The van der Waals surface area contributed by atoms with Crippen LogP contribution in [0.4, 0.5) is 38.0 Å². The van der Waals surface area contributed by atoms with E-state index in [2.05, 4.69) is 49.5 Å². The van der Waals surface area contributed by atoms with Crippen molar-refractivity contribution in [3.8, 4) is 22.5 Å². The maximum absolute atomic E-state index is 13.5. The van der Waals surface area contributed by atoms with Crippen molar-refractivity contribution in [1.29, 1.82) is 0 Å². The van der Waals surface area contributed by atoms with Gasteiger partial charge in [-0.25, -0.2) is 0 Å². The van der Waals surface area contributed by atoms with Crippen LogP contribution in [0.25, 0.3) is 22.5 Å². The van der Waals surface area contributed by atoms with Gasteiger partial charge in [0.05, 0.1) is 30.0 Å². The fourth-order valence-electron chi connectivity index (χ4n) is 4.62. The van der Waals surface area contributed by atoms with Gasteiger partial charge in [0.25, 0.3) is 0 Å². The minimum atomic E-state index is -5.00. The molecule has 2 aromatic carbocycles. The average Bonchev–Trinajstić information content (AvgIpc) is 3.71. The van der Waals surface area contributed by atoms with Crippen molar-refractivity contribution in [2.45, 2.75) is 51.6 Å². The summed E-state index contributed by atoms with van der Waals surface area (Å²) in [6.07, 6.45) is -12.2. The topological polar surface area (TPSA) is 153 Å². The van der Waals surface area contributed by atoms with E-state index in [1.165, 1.54) is 6.92 Å². The normalized spacial score (nSPS) is 15.6. The van der Waals surface area contributed by atoms with Crippen LogP contribution in [0.1, 0.15) is 39.2 Å². The van der Waals surface area contributed by atoms with E-state index in [4.69, 9.17) is 0 Å². The number of hydrogen-bond acceptors (Lipinski definition) is 8. The lowest BCUT2D eigenvalue weighted by Crippen LogP contribution is -2.51. The molecule has 1 aliphatic heterocycles. The van der Waals surface area contributed by atoms with E-state index in [0.29, 0.717) is 5.56 Å². The number of nitrogens with zero attached hydrogens (tertiary/aromatic N) is 3. The fraction of sp³-hybridized carbons (Fsp3) is 0.344. The Morgan fingerprint density at radius 1 is 0.939 bits per heavy atom. The van der Waals surface area contributed by atoms with E-state index >= 15 is 0 Å². The zero-order valence-corrected chi connectivity index (χ0v) is 26.6. The molecule has 49 heavy (non-hydrogen) atoms. The summed E-state index contributed by atoms with van der Waals surface area (Å²) in [5, 5.41) is 27.0. The minimum absolute atomic E-state index is 0.0377. The van der Waals surface area contributed by atoms with Gasteiger partial charge in [-0.2, -0.15) is 36.5 Å². The van der Waals surface area contributed by atoms with Crippen molar-refractivity contribution in [3.63, 3.8) is 0 Å². The van der Waals surface area contributed by atoms with Crippen LogP contribution >= 0.6 is 0 Å². The molecular formula is C32H34F6N6O5. The number of carbonyl (C=O) groups excluding carboxylic acids is 3. The number of aliphatic hydroxyl groups is 1. The average molecular weight is 697 g/mol. The molecule has 4 aromatic rings. The Morgan fingerprint density at radius 2 is 1.53 bits per heavy atom. The molecule has 264 valence electrons.